The summed E-state index contributed by atoms with van der Waals surface area (Å²) in [5, 5.41) is 5.23. The number of nitrogens with zero attached hydrogens (tertiary/aromatic N) is 5. The fourth-order valence-electron chi connectivity index (χ4n) is 5.10. The third-order valence-electron chi connectivity index (χ3n) is 7.25. The molecule has 8 nitrogen and oxygen atoms in total. The zero-order chi connectivity index (χ0) is 26.4. The van der Waals surface area contributed by atoms with E-state index in [2.05, 4.69) is 40.3 Å². The first-order valence-electron chi connectivity index (χ1n) is 13.2. The summed E-state index contributed by atoms with van der Waals surface area (Å²) in [5.41, 5.74) is 1.62. The summed E-state index contributed by atoms with van der Waals surface area (Å²) in [6.45, 7) is 6.96. The molecule has 1 atom stereocenters. The predicted octanol–water partition coefficient (Wildman–Crippen LogP) is 3.40. The summed E-state index contributed by atoms with van der Waals surface area (Å²) < 4.78 is 14.5. The molecule has 1 unspecified atom stereocenters. The molecule has 0 bridgehead atoms. The number of likely N-dealkylation sites (N-methyl/N-ethyl adjacent to an activating group) is 1. The fraction of sp³-hybridized carbons (Fsp3) is 0.448. The van der Waals surface area contributed by atoms with Crippen LogP contribution in [0.4, 0.5) is 0 Å². The topological polar surface area (TPSA) is 63.1 Å². The number of aromatic nitrogens is 2. The fourth-order valence-corrected chi connectivity index (χ4v) is 5.22. The Morgan fingerprint density at radius 2 is 1.76 bits per heavy atom. The molecule has 0 aliphatic carbocycles. The second kappa shape index (κ2) is 12.3. The van der Waals surface area contributed by atoms with E-state index in [-0.39, 0.29) is 18.9 Å². The van der Waals surface area contributed by atoms with Crippen molar-refractivity contribution in [3.05, 3.63) is 83.1 Å². The maximum absolute atomic E-state index is 13.4. The number of rotatable bonds is 9. The predicted molar refractivity (Wildman–Crippen MR) is 147 cm³/mol. The minimum atomic E-state index is -0.738. The van der Waals surface area contributed by atoms with Crippen molar-refractivity contribution < 1.29 is 14.3 Å². The van der Waals surface area contributed by atoms with E-state index in [9.17, 15) is 4.79 Å². The van der Waals surface area contributed by atoms with Crippen LogP contribution in [0.25, 0.3) is 0 Å². The van der Waals surface area contributed by atoms with Crippen molar-refractivity contribution in [1.29, 1.82) is 0 Å². The van der Waals surface area contributed by atoms with Gasteiger partial charge in [-0.2, -0.15) is 5.10 Å². The van der Waals surface area contributed by atoms with Gasteiger partial charge >= 0.3 is 0 Å². The lowest BCUT2D eigenvalue weighted by Crippen LogP contribution is -2.58. The second-order valence-electron chi connectivity index (χ2n) is 10.4. The summed E-state index contributed by atoms with van der Waals surface area (Å²) >= 11 is 6.05. The Hall–Kier alpha value is -2.91. The first-order chi connectivity index (χ1) is 18.5. The van der Waals surface area contributed by atoms with Gasteiger partial charge in [0.1, 0.15) is 18.0 Å². The lowest BCUT2D eigenvalue weighted by molar-refractivity contribution is -0.157. The van der Waals surface area contributed by atoms with Gasteiger partial charge in [0.2, 0.25) is 5.91 Å². The van der Waals surface area contributed by atoms with Crippen molar-refractivity contribution in [1.82, 2.24) is 24.5 Å². The molecule has 2 aliphatic heterocycles. The van der Waals surface area contributed by atoms with Gasteiger partial charge in [-0.15, -0.1) is 0 Å². The van der Waals surface area contributed by atoms with Gasteiger partial charge in [-0.3, -0.25) is 14.4 Å². The number of ether oxygens (including phenoxy) is 2. The van der Waals surface area contributed by atoms with Crippen molar-refractivity contribution in [3.63, 3.8) is 0 Å². The molecule has 2 fully saturated rings. The van der Waals surface area contributed by atoms with Crippen LogP contribution < -0.4 is 4.74 Å². The number of hydrogen-bond donors (Lipinski definition) is 0. The maximum atomic E-state index is 13.4. The normalized spacial score (nSPS) is 20.9. The Bertz CT molecular complexity index is 1180. The van der Waals surface area contributed by atoms with Gasteiger partial charge in [-0.05, 0) is 36.9 Å². The molecule has 0 spiro atoms. The quantitative estimate of drug-likeness (QED) is 0.417. The number of morpholine rings is 1. The first kappa shape index (κ1) is 26.7. The highest BCUT2D eigenvalue weighted by atomic mass is 35.5. The van der Waals surface area contributed by atoms with Crippen LogP contribution in [-0.4, -0.2) is 95.5 Å². The third kappa shape index (κ3) is 7.14. The largest absolute Gasteiger partial charge is 0.491 e. The summed E-state index contributed by atoms with van der Waals surface area (Å²) in [6, 6.07) is 17.6. The number of piperazine rings is 1. The maximum Gasteiger partial charge on any atom is 0.225 e. The molecular weight excluding hydrogens is 502 g/mol. The minimum Gasteiger partial charge on any atom is -0.491 e. The molecule has 0 saturated carbocycles. The number of halogens is 1. The smallest absolute Gasteiger partial charge is 0.225 e. The number of carbonyl (C=O) groups is 1. The van der Waals surface area contributed by atoms with E-state index in [1.54, 1.807) is 12.1 Å². The molecule has 0 N–H and O–H groups in total. The Morgan fingerprint density at radius 1 is 1.00 bits per heavy atom. The summed E-state index contributed by atoms with van der Waals surface area (Å²) in [6.07, 6.45) is 4.32. The first-order valence-corrected chi connectivity index (χ1v) is 13.6. The molecule has 0 radical (unpaired) electrons. The van der Waals surface area contributed by atoms with E-state index in [0.29, 0.717) is 23.9 Å². The molecular formula is C29H36ClN5O3. The van der Waals surface area contributed by atoms with Crippen LogP contribution in [0.5, 0.6) is 5.75 Å². The Kier molecular flexibility index (Phi) is 8.64. The Labute approximate surface area is 229 Å². The average Bonchev–Trinajstić information content (AvgIpc) is 3.36. The van der Waals surface area contributed by atoms with Crippen LogP contribution in [0.2, 0.25) is 5.02 Å². The number of carbonyl (C=O) groups excluding carboxylic acids is 1. The van der Waals surface area contributed by atoms with Gasteiger partial charge in [0.15, 0.2) is 0 Å². The third-order valence-corrected chi connectivity index (χ3v) is 7.50. The summed E-state index contributed by atoms with van der Waals surface area (Å²) in [5.74, 6) is 0.832. The van der Waals surface area contributed by atoms with Gasteiger partial charge in [-0.25, -0.2) is 0 Å². The number of benzene rings is 2. The Balaban J connectivity index is 1.26. The molecule has 202 valence electrons. The summed E-state index contributed by atoms with van der Waals surface area (Å²) in [7, 11) is 2.09. The zero-order valence-electron chi connectivity index (χ0n) is 22.0. The molecule has 2 aliphatic rings. The number of hydrogen-bond acceptors (Lipinski definition) is 6. The van der Waals surface area contributed by atoms with E-state index < -0.39 is 5.60 Å². The van der Waals surface area contributed by atoms with Crippen LogP contribution >= 0.6 is 11.6 Å². The van der Waals surface area contributed by atoms with E-state index in [1.165, 1.54) is 5.56 Å². The van der Waals surface area contributed by atoms with Crippen molar-refractivity contribution >= 4 is 17.5 Å². The van der Waals surface area contributed by atoms with Gasteiger partial charge in [-0.1, -0.05) is 41.9 Å². The molecule has 5 rings (SSSR count). The molecule has 38 heavy (non-hydrogen) atoms. The van der Waals surface area contributed by atoms with E-state index in [1.807, 2.05) is 46.1 Å². The van der Waals surface area contributed by atoms with Gasteiger partial charge in [0, 0.05) is 62.6 Å². The van der Waals surface area contributed by atoms with Crippen LogP contribution in [-0.2, 0) is 22.6 Å². The van der Waals surface area contributed by atoms with E-state index in [4.69, 9.17) is 21.1 Å². The second-order valence-corrected chi connectivity index (χ2v) is 10.8. The molecule has 2 aromatic carbocycles. The average molecular weight is 538 g/mol. The van der Waals surface area contributed by atoms with Crippen LogP contribution in [0.15, 0.2) is 67.0 Å². The molecule has 9 heteroatoms. The molecule has 1 amide bonds. The standard InChI is InChI=1S/C29H36ClN5O3/c1-32-11-13-34(14-12-32)28(36)17-29(23-37-27-9-7-26(30)8-10-27)22-33(15-16-38-29)19-25-18-31-35(21-25)20-24-5-3-2-4-6-24/h2-10,18,21H,11-17,19-20,22-23H2,1H3. The highest BCUT2D eigenvalue weighted by Crippen LogP contribution is 2.27. The van der Waals surface area contributed by atoms with Crippen molar-refractivity contribution in [2.75, 3.05) is 59.5 Å². The lowest BCUT2D eigenvalue weighted by Gasteiger charge is -2.43. The van der Waals surface area contributed by atoms with Crippen molar-refractivity contribution in [2.24, 2.45) is 0 Å². The van der Waals surface area contributed by atoms with Crippen LogP contribution in [0.1, 0.15) is 17.5 Å². The highest BCUT2D eigenvalue weighted by molar-refractivity contribution is 6.30. The zero-order valence-corrected chi connectivity index (χ0v) is 22.7. The van der Waals surface area contributed by atoms with Gasteiger partial charge in [0.25, 0.3) is 0 Å². The van der Waals surface area contributed by atoms with Gasteiger partial charge in [0.05, 0.1) is 25.8 Å². The summed E-state index contributed by atoms with van der Waals surface area (Å²) in [4.78, 5) is 20.0. The minimum absolute atomic E-state index is 0.121. The Morgan fingerprint density at radius 3 is 2.53 bits per heavy atom. The highest BCUT2D eigenvalue weighted by Gasteiger charge is 2.41. The van der Waals surface area contributed by atoms with Crippen LogP contribution in [0, 0.1) is 0 Å². The van der Waals surface area contributed by atoms with Crippen molar-refractivity contribution in [2.45, 2.75) is 25.1 Å². The molecule has 2 saturated heterocycles. The van der Waals surface area contributed by atoms with E-state index >= 15 is 0 Å². The molecule has 3 aromatic rings. The lowest BCUT2D eigenvalue weighted by atomic mass is 9.96. The van der Waals surface area contributed by atoms with Crippen LogP contribution in [0.3, 0.4) is 0 Å². The SMILES string of the molecule is CN1CCN(C(=O)CC2(COc3ccc(Cl)cc3)CN(Cc3cnn(Cc4ccccc4)c3)CCO2)CC1. The van der Waals surface area contributed by atoms with E-state index in [0.717, 1.165) is 51.4 Å². The number of amides is 1. The molecule has 3 heterocycles. The molecule has 1 aromatic heterocycles. The van der Waals surface area contributed by atoms with Gasteiger partial charge < -0.3 is 19.3 Å². The van der Waals surface area contributed by atoms with Crippen molar-refractivity contribution in [3.8, 4) is 5.75 Å². The monoisotopic (exact) mass is 537 g/mol.